The molecular weight excluding hydrogens is 236 g/mol. The van der Waals surface area contributed by atoms with Gasteiger partial charge in [0.15, 0.2) is 5.78 Å². The Kier molecular flexibility index (Phi) is 6.06. The predicted molar refractivity (Wildman–Crippen MR) is 71.1 cm³/mol. The molecule has 0 aliphatic rings. The van der Waals surface area contributed by atoms with Gasteiger partial charge in [-0.3, -0.25) is 4.79 Å². The first-order valence-electron chi connectivity index (χ1n) is 5.98. The number of carbonyl (C=O) groups excluding carboxylic acids is 1. The molecule has 0 N–H and O–H groups in total. The quantitative estimate of drug-likeness (QED) is 0.542. The fourth-order valence-corrected chi connectivity index (χ4v) is 1.92. The molecule has 1 aromatic rings. The zero-order valence-electron chi connectivity index (χ0n) is 10.4. The van der Waals surface area contributed by atoms with Crippen LogP contribution in [0, 0.1) is 0 Å². The Morgan fingerprint density at radius 3 is 2.53 bits per heavy atom. The molecule has 1 atom stereocenters. The Morgan fingerprint density at radius 1 is 1.35 bits per heavy atom. The van der Waals surface area contributed by atoms with E-state index in [1.165, 1.54) is 0 Å². The van der Waals surface area contributed by atoms with E-state index in [-0.39, 0.29) is 11.2 Å². The zero-order chi connectivity index (χ0) is 12.7. The van der Waals surface area contributed by atoms with Crippen LogP contribution in [0.5, 0.6) is 5.75 Å². The largest absolute Gasteiger partial charge is 0.497 e. The number of hydrogen-bond donors (Lipinski definition) is 0. The summed E-state index contributed by atoms with van der Waals surface area (Å²) < 4.78 is 5.05. The van der Waals surface area contributed by atoms with Gasteiger partial charge >= 0.3 is 0 Å². The van der Waals surface area contributed by atoms with Gasteiger partial charge in [-0.25, -0.2) is 0 Å². The number of methoxy groups -OCH3 is 1. The van der Waals surface area contributed by atoms with E-state index in [0.717, 1.165) is 25.0 Å². The molecular formula is C14H19ClO2. The third kappa shape index (κ3) is 4.78. The molecule has 0 aromatic heterocycles. The Balaban J connectivity index is 2.51. The highest BCUT2D eigenvalue weighted by molar-refractivity contribution is 6.22. The number of ether oxygens (including phenoxy) is 1. The second-order valence-electron chi connectivity index (χ2n) is 4.10. The second-order valence-corrected chi connectivity index (χ2v) is 4.71. The molecule has 2 nitrogen and oxygen atoms in total. The van der Waals surface area contributed by atoms with Crippen molar-refractivity contribution in [3.63, 3.8) is 0 Å². The van der Waals surface area contributed by atoms with Gasteiger partial charge in [0.2, 0.25) is 0 Å². The summed E-state index contributed by atoms with van der Waals surface area (Å²) in [5.41, 5.74) is 0.702. The number of Topliss-reactive ketones (excluding diaryl/α,β-unsaturated/α-hetero) is 1. The number of ketones is 1. The van der Waals surface area contributed by atoms with Gasteiger partial charge in [0, 0.05) is 17.4 Å². The maximum absolute atomic E-state index is 11.9. The van der Waals surface area contributed by atoms with E-state index in [9.17, 15) is 4.79 Å². The molecule has 0 fully saturated rings. The van der Waals surface area contributed by atoms with Crippen LogP contribution < -0.4 is 4.74 Å². The monoisotopic (exact) mass is 254 g/mol. The molecule has 1 unspecified atom stereocenters. The van der Waals surface area contributed by atoms with Gasteiger partial charge in [0.25, 0.3) is 0 Å². The first-order chi connectivity index (χ1) is 8.17. The van der Waals surface area contributed by atoms with Gasteiger partial charge in [-0.1, -0.05) is 19.8 Å². The minimum absolute atomic E-state index is 0.0513. The Bertz CT molecular complexity index is 346. The molecule has 0 saturated heterocycles. The van der Waals surface area contributed by atoms with E-state index in [1.54, 1.807) is 31.4 Å². The summed E-state index contributed by atoms with van der Waals surface area (Å²) in [5.74, 6) is 0.860. The van der Waals surface area contributed by atoms with Crippen molar-refractivity contribution in [1.82, 2.24) is 0 Å². The van der Waals surface area contributed by atoms with Crippen LogP contribution in [-0.2, 0) is 0 Å². The van der Waals surface area contributed by atoms with Gasteiger partial charge in [-0.15, -0.1) is 11.6 Å². The van der Waals surface area contributed by atoms with E-state index < -0.39 is 0 Å². The van der Waals surface area contributed by atoms with Crippen molar-refractivity contribution in [2.75, 3.05) is 7.11 Å². The van der Waals surface area contributed by atoms with E-state index in [0.29, 0.717) is 12.0 Å². The number of unbranched alkanes of at least 4 members (excludes halogenated alkanes) is 1. The Labute approximate surface area is 108 Å². The summed E-state index contributed by atoms with van der Waals surface area (Å²) in [6.45, 7) is 2.12. The molecule has 0 spiro atoms. The van der Waals surface area contributed by atoms with Crippen molar-refractivity contribution in [1.29, 1.82) is 0 Å². The summed E-state index contributed by atoms with van der Waals surface area (Å²) in [6.07, 6.45) is 3.50. The van der Waals surface area contributed by atoms with E-state index >= 15 is 0 Å². The van der Waals surface area contributed by atoms with E-state index in [2.05, 4.69) is 6.92 Å². The lowest BCUT2D eigenvalue weighted by atomic mass is 10.0. The van der Waals surface area contributed by atoms with Crippen molar-refractivity contribution in [3.05, 3.63) is 29.8 Å². The van der Waals surface area contributed by atoms with Crippen molar-refractivity contribution in [2.45, 2.75) is 38.0 Å². The fourth-order valence-electron chi connectivity index (χ4n) is 1.62. The summed E-state index contributed by atoms with van der Waals surface area (Å²) >= 11 is 6.12. The first-order valence-corrected chi connectivity index (χ1v) is 6.42. The van der Waals surface area contributed by atoms with Gasteiger partial charge in [-0.05, 0) is 30.7 Å². The normalized spacial score (nSPS) is 12.2. The lowest BCUT2D eigenvalue weighted by Crippen LogP contribution is -2.08. The topological polar surface area (TPSA) is 26.3 Å². The summed E-state index contributed by atoms with van der Waals surface area (Å²) in [7, 11) is 1.61. The maximum Gasteiger partial charge on any atom is 0.164 e. The molecule has 0 aliphatic heterocycles. The van der Waals surface area contributed by atoms with Crippen LogP contribution in [0.15, 0.2) is 24.3 Å². The molecule has 0 aliphatic carbocycles. The Hall–Kier alpha value is -1.02. The minimum Gasteiger partial charge on any atom is -0.497 e. The van der Waals surface area contributed by atoms with Crippen LogP contribution in [-0.4, -0.2) is 18.3 Å². The van der Waals surface area contributed by atoms with E-state index in [4.69, 9.17) is 16.3 Å². The highest BCUT2D eigenvalue weighted by Gasteiger charge is 2.12. The average molecular weight is 255 g/mol. The molecule has 0 amide bonds. The Morgan fingerprint density at radius 2 is 2.00 bits per heavy atom. The number of rotatable bonds is 7. The third-order valence-electron chi connectivity index (χ3n) is 2.69. The zero-order valence-corrected chi connectivity index (χ0v) is 11.2. The number of hydrogen-bond acceptors (Lipinski definition) is 2. The van der Waals surface area contributed by atoms with Crippen molar-refractivity contribution in [3.8, 4) is 5.75 Å². The van der Waals surface area contributed by atoms with Crippen molar-refractivity contribution < 1.29 is 9.53 Å². The van der Waals surface area contributed by atoms with Gasteiger partial charge in [-0.2, -0.15) is 0 Å². The molecule has 1 rings (SSSR count). The van der Waals surface area contributed by atoms with Crippen molar-refractivity contribution in [2.24, 2.45) is 0 Å². The summed E-state index contributed by atoms with van der Waals surface area (Å²) in [6, 6.07) is 7.15. The number of alkyl halides is 1. The van der Waals surface area contributed by atoms with Crippen molar-refractivity contribution >= 4 is 17.4 Å². The highest BCUT2D eigenvalue weighted by Crippen LogP contribution is 2.17. The average Bonchev–Trinajstić information content (AvgIpc) is 2.36. The first kappa shape index (κ1) is 14.0. The van der Waals surface area contributed by atoms with Gasteiger partial charge in [0.1, 0.15) is 5.75 Å². The minimum atomic E-state index is -0.0513. The number of carbonyl (C=O) groups is 1. The smallest absolute Gasteiger partial charge is 0.164 e. The van der Waals surface area contributed by atoms with Crippen LogP contribution in [0.25, 0.3) is 0 Å². The molecule has 1 aromatic carbocycles. The predicted octanol–water partition coefficient (Wildman–Crippen LogP) is 4.07. The lowest BCUT2D eigenvalue weighted by Gasteiger charge is -2.08. The lowest BCUT2D eigenvalue weighted by molar-refractivity contribution is 0.0980. The van der Waals surface area contributed by atoms with Crippen LogP contribution >= 0.6 is 11.6 Å². The van der Waals surface area contributed by atoms with Gasteiger partial charge < -0.3 is 4.74 Å². The molecule has 3 heteroatoms. The molecule has 0 saturated carbocycles. The number of halogens is 1. The van der Waals surface area contributed by atoms with Gasteiger partial charge in [0.05, 0.1) is 7.11 Å². The molecule has 94 valence electrons. The van der Waals surface area contributed by atoms with E-state index in [1.807, 2.05) is 0 Å². The SMILES string of the molecule is CCCCC(Cl)CC(=O)c1ccc(OC)cc1. The van der Waals surface area contributed by atoms with Crippen LogP contribution in [0.4, 0.5) is 0 Å². The van der Waals surface area contributed by atoms with Crippen LogP contribution in [0.2, 0.25) is 0 Å². The third-order valence-corrected chi connectivity index (χ3v) is 3.06. The summed E-state index contributed by atoms with van der Waals surface area (Å²) in [5, 5.41) is -0.0513. The highest BCUT2D eigenvalue weighted by atomic mass is 35.5. The molecule has 17 heavy (non-hydrogen) atoms. The second kappa shape index (κ2) is 7.33. The summed E-state index contributed by atoms with van der Waals surface area (Å²) in [4.78, 5) is 11.9. The number of benzene rings is 1. The fraction of sp³-hybridized carbons (Fsp3) is 0.500. The standard InChI is InChI=1S/C14H19ClO2/c1-3-4-5-12(15)10-14(16)11-6-8-13(17-2)9-7-11/h6-9,12H,3-5,10H2,1-2H3. The maximum atomic E-state index is 11.9. The molecule has 0 bridgehead atoms. The van der Waals surface area contributed by atoms with Crippen LogP contribution in [0.3, 0.4) is 0 Å². The molecule has 0 radical (unpaired) electrons. The molecule has 0 heterocycles. The van der Waals surface area contributed by atoms with Crippen LogP contribution in [0.1, 0.15) is 43.0 Å².